The van der Waals surface area contributed by atoms with Crippen LogP contribution in [0.1, 0.15) is 0 Å². The summed E-state index contributed by atoms with van der Waals surface area (Å²) < 4.78 is 48.5. The van der Waals surface area contributed by atoms with Crippen molar-refractivity contribution < 1.29 is 42.1 Å². The number of morpholine rings is 1. The summed E-state index contributed by atoms with van der Waals surface area (Å²) in [6, 6.07) is 3.95. The predicted molar refractivity (Wildman–Crippen MR) is 98.1 cm³/mol. The summed E-state index contributed by atoms with van der Waals surface area (Å²) in [4.78, 5) is 29.2. The van der Waals surface area contributed by atoms with Crippen LogP contribution in [0.4, 0.5) is 18.9 Å². The van der Waals surface area contributed by atoms with Crippen LogP contribution in [0.2, 0.25) is 0 Å². The maximum absolute atomic E-state index is 12.1. The molecule has 1 amide bonds. The van der Waals surface area contributed by atoms with Crippen molar-refractivity contribution in [2.75, 3.05) is 64.6 Å². The van der Waals surface area contributed by atoms with Crippen LogP contribution < -0.4 is 4.90 Å². The van der Waals surface area contributed by atoms with Gasteiger partial charge in [0.2, 0.25) is 5.91 Å². The Hall–Kier alpha value is -2.44. The van der Waals surface area contributed by atoms with E-state index in [0.29, 0.717) is 39.5 Å². The first kappa shape index (κ1) is 23.8. The number of aliphatic carboxylic acids is 1. The number of ether oxygens (including phenoxy) is 3. The highest BCUT2D eigenvalue weighted by atomic mass is 19.4. The Morgan fingerprint density at radius 2 is 2.03 bits per heavy atom. The molecular formula is C18H24F3N3O6. The molecule has 0 radical (unpaired) electrons. The van der Waals surface area contributed by atoms with Gasteiger partial charge >= 0.3 is 12.1 Å². The van der Waals surface area contributed by atoms with E-state index in [0.717, 1.165) is 12.2 Å². The molecule has 9 nitrogen and oxygen atoms in total. The average Bonchev–Trinajstić information content (AvgIpc) is 2.91. The Morgan fingerprint density at radius 1 is 1.30 bits per heavy atom. The molecule has 2 fully saturated rings. The molecule has 0 saturated carbocycles. The molecule has 0 aromatic carbocycles. The lowest BCUT2D eigenvalue weighted by Gasteiger charge is -2.43. The third kappa shape index (κ3) is 6.82. The zero-order chi connectivity index (χ0) is 22.2. The number of aromatic nitrogens is 1. The number of alkyl halides is 3. The van der Waals surface area contributed by atoms with E-state index in [1.807, 2.05) is 23.2 Å². The second kappa shape index (κ2) is 10.5. The van der Waals surface area contributed by atoms with E-state index in [1.54, 1.807) is 6.20 Å². The second-order valence-electron chi connectivity index (χ2n) is 6.77. The molecule has 168 valence electrons. The molecule has 0 aliphatic carbocycles. The summed E-state index contributed by atoms with van der Waals surface area (Å²) >= 11 is 0. The number of amides is 1. The molecule has 1 aromatic rings. The number of nitrogens with zero attached hydrogens (tertiary/aromatic N) is 3. The molecule has 30 heavy (non-hydrogen) atoms. The molecule has 2 aliphatic heterocycles. The fourth-order valence-corrected chi connectivity index (χ4v) is 3.12. The first-order valence-electron chi connectivity index (χ1n) is 9.10. The number of carbonyl (C=O) groups is 2. The number of anilines is 1. The van der Waals surface area contributed by atoms with Gasteiger partial charge in [0, 0.05) is 26.4 Å². The fraction of sp³-hybridized carbons (Fsp3) is 0.611. The van der Waals surface area contributed by atoms with Crippen LogP contribution in [0, 0.1) is 0 Å². The van der Waals surface area contributed by atoms with Crippen LogP contribution in [-0.2, 0) is 23.8 Å². The highest BCUT2D eigenvalue weighted by molar-refractivity contribution is 5.77. The van der Waals surface area contributed by atoms with Gasteiger partial charge in [0.15, 0.2) is 0 Å². The molecule has 1 spiro atoms. The number of rotatable bonds is 3. The Kier molecular flexibility index (Phi) is 8.38. The minimum atomic E-state index is -5.08. The van der Waals surface area contributed by atoms with Crippen molar-refractivity contribution in [3.8, 4) is 0 Å². The topological polar surface area (TPSA) is 101 Å². The van der Waals surface area contributed by atoms with Crippen molar-refractivity contribution in [2.45, 2.75) is 11.8 Å². The third-order valence-corrected chi connectivity index (χ3v) is 4.47. The monoisotopic (exact) mass is 435 g/mol. The number of carboxylic acid groups (broad SMARTS) is 1. The van der Waals surface area contributed by atoms with Gasteiger partial charge in [-0.25, -0.2) is 4.79 Å². The van der Waals surface area contributed by atoms with E-state index in [2.05, 4.69) is 9.88 Å². The molecular weight excluding hydrogens is 411 g/mol. The number of pyridine rings is 1. The summed E-state index contributed by atoms with van der Waals surface area (Å²) in [7, 11) is 1.53. The van der Waals surface area contributed by atoms with Crippen LogP contribution in [0.5, 0.6) is 0 Å². The van der Waals surface area contributed by atoms with Crippen molar-refractivity contribution in [3.05, 3.63) is 24.5 Å². The van der Waals surface area contributed by atoms with Gasteiger partial charge in [-0.05, 0) is 12.1 Å². The number of methoxy groups -OCH3 is 1. The van der Waals surface area contributed by atoms with Crippen molar-refractivity contribution in [1.29, 1.82) is 0 Å². The lowest BCUT2D eigenvalue weighted by atomic mass is 10.0. The maximum atomic E-state index is 12.1. The molecule has 2 saturated heterocycles. The van der Waals surface area contributed by atoms with Gasteiger partial charge in [-0.15, -0.1) is 0 Å². The van der Waals surface area contributed by atoms with Crippen molar-refractivity contribution >= 4 is 17.6 Å². The maximum Gasteiger partial charge on any atom is 0.490 e. The van der Waals surface area contributed by atoms with Crippen LogP contribution in [0.25, 0.3) is 0 Å². The zero-order valence-corrected chi connectivity index (χ0v) is 16.4. The average molecular weight is 435 g/mol. The summed E-state index contributed by atoms with van der Waals surface area (Å²) in [5.74, 6) is -2.76. The molecule has 1 atom stereocenters. The summed E-state index contributed by atoms with van der Waals surface area (Å²) in [5.41, 5.74) is 0.537. The number of halogens is 3. The quantitative estimate of drug-likeness (QED) is 0.744. The van der Waals surface area contributed by atoms with E-state index in [9.17, 15) is 18.0 Å². The minimum absolute atomic E-state index is 0.00708. The molecule has 1 unspecified atom stereocenters. The van der Waals surface area contributed by atoms with E-state index in [4.69, 9.17) is 24.1 Å². The highest BCUT2D eigenvalue weighted by Crippen LogP contribution is 2.25. The lowest BCUT2D eigenvalue weighted by molar-refractivity contribution is -0.192. The van der Waals surface area contributed by atoms with Gasteiger partial charge in [-0.1, -0.05) is 0 Å². The summed E-state index contributed by atoms with van der Waals surface area (Å²) in [5, 5.41) is 7.12. The van der Waals surface area contributed by atoms with E-state index >= 15 is 0 Å². The zero-order valence-electron chi connectivity index (χ0n) is 16.4. The van der Waals surface area contributed by atoms with Crippen molar-refractivity contribution in [3.63, 3.8) is 0 Å². The number of carbonyl (C=O) groups excluding carboxylic acids is 1. The summed E-state index contributed by atoms with van der Waals surface area (Å²) in [6.07, 6.45) is -1.48. The van der Waals surface area contributed by atoms with E-state index < -0.39 is 17.7 Å². The van der Waals surface area contributed by atoms with Crippen LogP contribution in [-0.4, -0.2) is 98.4 Å². The van der Waals surface area contributed by atoms with Gasteiger partial charge < -0.3 is 29.1 Å². The Labute approximate surface area is 171 Å². The number of carboxylic acids is 1. The largest absolute Gasteiger partial charge is 0.490 e. The first-order chi connectivity index (χ1) is 14.2. The predicted octanol–water partition coefficient (Wildman–Crippen LogP) is 0.796. The molecule has 2 aliphatic rings. The highest BCUT2D eigenvalue weighted by Gasteiger charge is 2.41. The molecule has 3 heterocycles. The van der Waals surface area contributed by atoms with Gasteiger partial charge in [0.1, 0.15) is 12.2 Å². The smallest absolute Gasteiger partial charge is 0.475 e. The molecule has 0 bridgehead atoms. The standard InChI is InChI=1S/C16H23N3O4.C2HF3O2/c1-21-10-15(20)19-6-8-23-16(12-19)11-18(5-7-22-13-16)14-3-2-4-17-9-14;3-2(4,5)1(6)7/h2-4,9H,5-8,10-13H2,1H3;(H,6,7). The summed E-state index contributed by atoms with van der Waals surface area (Å²) in [6.45, 7) is 4.30. The second-order valence-corrected chi connectivity index (χ2v) is 6.77. The van der Waals surface area contributed by atoms with E-state index in [-0.39, 0.29) is 12.5 Å². The van der Waals surface area contributed by atoms with E-state index in [1.165, 1.54) is 7.11 Å². The van der Waals surface area contributed by atoms with Crippen molar-refractivity contribution in [2.24, 2.45) is 0 Å². The molecule has 3 rings (SSSR count). The van der Waals surface area contributed by atoms with Crippen LogP contribution in [0.15, 0.2) is 24.5 Å². The Bertz CT molecular complexity index is 706. The van der Waals surface area contributed by atoms with Gasteiger partial charge in [-0.3, -0.25) is 9.78 Å². The SMILES string of the molecule is COCC(=O)N1CCOC2(COCCN(c3cccnc3)C2)C1.O=C(O)C(F)(F)F. The first-order valence-corrected chi connectivity index (χ1v) is 9.10. The number of hydrogen-bond donors (Lipinski definition) is 1. The third-order valence-electron chi connectivity index (χ3n) is 4.47. The molecule has 1 aromatic heterocycles. The lowest BCUT2D eigenvalue weighted by Crippen LogP contribution is -2.60. The minimum Gasteiger partial charge on any atom is -0.475 e. The molecule has 1 N–H and O–H groups in total. The Balaban J connectivity index is 0.000000396. The fourth-order valence-electron chi connectivity index (χ4n) is 3.12. The van der Waals surface area contributed by atoms with Crippen molar-refractivity contribution in [1.82, 2.24) is 9.88 Å². The Morgan fingerprint density at radius 3 is 2.63 bits per heavy atom. The van der Waals surface area contributed by atoms with Crippen LogP contribution >= 0.6 is 0 Å². The van der Waals surface area contributed by atoms with Crippen LogP contribution in [0.3, 0.4) is 0 Å². The van der Waals surface area contributed by atoms with Gasteiger partial charge in [0.25, 0.3) is 0 Å². The normalized spacial score (nSPS) is 22.1. The number of hydrogen-bond acceptors (Lipinski definition) is 7. The van der Waals surface area contributed by atoms with Gasteiger partial charge in [0.05, 0.1) is 44.8 Å². The van der Waals surface area contributed by atoms with Gasteiger partial charge in [-0.2, -0.15) is 13.2 Å². The molecule has 12 heteroatoms.